The number of hydrogen-bond acceptors (Lipinski definition) is 2. The maximum absolute atomic E-state index is 5.94. The number of nitrogens with one attached hydrogen (secondary N) is 1. The summed E-state index contributed by atoms with van der Waals surface area (Å²) in [5.74, 6) is 0. The highest BCUT2D eigenvalue weighted by molar-refractivity contribution is 6.30. The Balaban J connectivity index is 1.94. The van der Waals surface area contributed by atoms with Crippen LogP contribution in [-0.4, -0.2) is 25.2 Å². The number of benzene rings is 1. The predicted molar refractivity (Wildman–Crippen MR) is 79.6 cm³/mol. The number of anilines is 1. The highest BCUT2D eigenvalue weighted by atomic mass is 35.5. The topological polar surface area (TPSA) is 15.3 Å². The largest absolute Gasteiger partial charge is 0.369 e. The minimum atomic E-state index is 0.592. The summed E-state index contributed by atoms with van der Waals surface area (Å²) < 4.78 is 0. The van der Waals surface area contributed by atoms with Gasteiger partial charge >= 0.3 is 0 Å². The van der Waals surface area contributed by atoms with Crippen LogP contribution in [0.1, 0.15) is 33.1 Å². The Morgan fingerprint density at radius 2 is 2.06 bits per heavy atom. The van der Waals surface area contributed by atoms with Gasteiger partial charge in [0, 0.05) is 29.3 Å². The fraction of sp³-hybridized carbons (Fsp3) is 0.600. The van der Waals surface area contributed by atoms with Gasteiger partial charge in [-0.3, -0.25) is 0 Å². The maximum Gasteiger partial charge on any atom is 0.0407 e. The van der Waals surface area contributed by atoms with Crippen molar-refractivity contribution in [3.8, 4) is 0 Å². The molecule has 1 heterocycles. The third kappa shape index (κ3) is 3.39. The molecule has 1 aliphatic rings. The van der Waals surface area contributed by atoms with Gasteiger partial charge in [-0.1, -0.05) is 18.5 Å². The Morgan fingerprint density at radius 3 is 2.67 bits per heavy atom. The monoisotopic (exact) mass is 266 g/mol. The lowest BCUT2D eigenvalue weighted by Crippen LogP contribution is -2.47. The predicted octanol–water partition coefficient (Wildman–Crippen LogP) is 3.70. The summed E-state index contributed by atoms with van der Waals surface area (Å²) in [5, 5.41) is 4.45. The van der Waals surface area contributed by atoms with Crippen molar-refractivity contribution >= 4 is 17.3 Å². The Hall–Kier alpha value is -0.730. The summed E-state index contributed by atoms with van der Waals surface area (Å²) in [6.45, 7) is 6.80. The van der Waals surface area contributed by atoms with Crippen molar-refractivity contribution in [2.45, 2.75) is 45.2 Å². The molecular formula is C15H23ClN2. The smallest absolute Gasteiger partial charge is 0.0407 e. The van der Waals surface area contributed by atoms with E-state index in [0.717, 1.165) is 18.1 Å². The first kappa shape index (κ1) is 13.7. The minimum Gasteiger partial charge on any atom is -0.369 e. The van der Waals surface area contributed by atoms with Crippen LogP contribution in [0.2, 0.25) is 5.02 Å². The van der Waals surface area contributed by atoms with E-state index in [9.17, 15) is 0 Å². The lowest BCUT2D eigenvalue weighted by atomic mass is 9.97. The molecule has 0 amide bonds. The van der Waals surface area contributed by atoms with E-state index in [1.807, 2.05) is 12.1 Å². The van der Waals surface area contributed by atoms with E-state index >= 15 is 0 Å². The summed E-state index contributed by atoms with van der Waals surface area (Å²) in [4.78, 5) is 2.49. The highest BCUT2D eigenvalue weighted by Crippen LogP contribution is 2.26. The SMILES string of the molecule is CCCNC1CCN(c2ccc(Cl)cc2)C(C)C1. The van der Waals surface area contributed by atoms with Crippen LogP contribution in [0.15, 0.2) is 24.3 Å². The first-order valence-corrected chi connectivity index (χ1v) is 7.34. The summed E-state index contributed by atoms with van der Waals surface area (Å²) in [6.07, 6.45) is 3.67. The van der Waals surface area contributed by atoms with E-state index in [1.165, 1.54) is 24.9 Å². The van der Waals surface area contributed by atoms with E-state index in [0.29, 0.717) is 12.1 Å². The second-order valence-corrected chi connectivity index (χ2v) is 5.63. The van der Waals surface area contributed by atoms with Crippen molar-refractivity contribution in [2.75, 3.05) is 18.0 Å². The number of rotatable bonds is 4. The Bertz CT molecular complexity index is 363. The molecule has 1 N–H and O–H groups in total. The summed E-state index contributed by atoms with van der Waals surface area (Å²) >= 11 is 5.94. The Kier molecular flexibility index (Phi) is 4.90. The van der Waals surface area contributed by atoms with Crippen LogP contribution < -0.4 is 10.2 Å². The Morgan fingerprint density at radius 1 is 1.33 bits per heavy atom. The first-order chi connectivity index (χ1) is 8.70. The standard InChI is InChI=1S/C15H23ClN2/c1-3-9-17-14-8-10-18(12(2)11-14)15-6-4-13(16)5-7-15/h4-7,12,14,17H,3,8-11H2,1-2H3. The van der Waals surface area contributed by atoms with Crippen LogP contribution in [0.25, 0.3) is 0 Å². The molecule has 1 aromatic rings. The molecule has 0 aliphatic carbocycles. The van der Waals surface area contributed by atoms with E-state index in [-0.39, 0.29) is 0 Å². The van der Waals surface area contributed by atoms with Gasteiger partial charge in [-0.2, -0.15) is 0 Å². The third-order valence-corrected chi connectivity index (χ3v) is 3.97. The average molecular weight is 267 g/mol. The molecule has 2 unspecified atom stereocenters. The van der Waals surface area contributed by atoms with Gasteiger partial charge in [0.1, 0.15) is 0 Å². The van der Waals surface area contributed by atoms with Crippen LogP contribution in [-0.2, 0) is 0 Å². The molecule has 1 saturated heterocycles. The maximum atomic E-state index is 5.94. The van der Waals surface area contributed by atoms with Gasteiger partial charge in [-0.15, -0.1) is 0 Å². The molecule has 0 spiro atoms. The molecule has 2 atom stereocenters. The molecule has 100 valence electrons. The quantitative estimate of drug-likeness (QED) is 0.894. The number of halogens is 1. The van der Waals surface area contributed by atoms with Gasteiger partial charge in [0.15, 0.2) is 0 Å². The molecule has 0 aromatic heterocycles. The van der Waals surface area contributed by atoms with Crippen molar-refractivity contribution < 1.29 is 0 Å². The molecule has 3 heteroatoms. The van der Waals surface area contributed by atoms with Crippen molar-refractivity contribution in [1.82, 2.24) is 5.32 Å². The zero-order valence-electron chi connectivity index (χ0n) is 11.3. The van der Waals surface area contributed by atoms with Crippen LogP contribution in [0.3, 0.4) is 0 Å². The van der Waals surface area contributed by atoms with Gasteiger partial charge in [0.25, 0.3) is 0 Å². The van der Waals surface area contributed by atoms with Crippen LogP contribution in [0.5, 0.6) is 0 Å². The summed E-state index contributed by atoms with van der Waals surface area (Å²) in [6, 6.07) is 9.48. The molecule has 1 aromatic carbocycles. The average Bonchev–Trinajstić information content (AvgIpc) is 2.38. The number of piperidine rings is 1. The molecule has 1 fully saturated rings. The fourth-order valence-corrected chi connectivity index (χ4v) is 2.85. The fourth-order valence-electron chi connectivity index (χ4n) is 2.72. The zero-order valence-corrected chi connectivity index (χ0v) is 12.1. The molecule has 2 rings (SSSR count). The molecule has 1 aliphatic heterocycles. The van der Waals surface area contributed by atoms with E-state index < -0.39 is 0 Å². The van der Waals surface area contributed by atoms with E-state index in [4.69, 9.17) is 11.6 Å². The van der Waals surface area contributed by atoms with Crippen LogP contribution >= 0.6 is 11.6 Å². The number of hydrogen-bond donors (Lipinski definition) is 1. The summed E-state index contributed by atoms with van der Waals surface area (Å²) in [5.41, 5.74) is 1.29. The van der Waals surface area contributed by atoms with Crippen molar-refractivity contribution in [3.63, 3.8) is 0 Å². The lowest BCUT2D eigenvalue weighted by Gasteiger charge is -2.39. The molecule has 2 nitrogen and oxygen atoms in total. The molecular weight excluding hydrogens is 244 g/mol. The van der Waals surface area contributed by atoms with Crippen LogP contribution in [0, 0.1) is 0 Å². The highest BCUT2D eigenvalue weighted by Gasteiger charge is 2.24. The van der Waals surface area contributed by atoms with Crippen molar-refractivity contribution in [1.29, 1.82) is 0 Å². The second kappa shape index (κ2) is 6.44. The molecule has 0 saturated carbocycles. The number of nitrogens with zero attached hydrogens (tertiary/aromatic N) is 1. The van der Waals surface area contributed by atoms with Gasteiger partial charge < -0.3 is 10.2 Å². The molecule has 0 radical (unpaired) electrons. The van der Waals surface area contributed by atoms with Crippen molar-refractivity contribution in [2.24, 2.45) is 0 Å². The first-order valence-electron chi connectivity index (χ1n) is 6.96. The van der Waals surface area contributed by atoms with Gasteiger partial charge in [-0.05, 0) is 57.0 Å². The molecule has 18 heavy (non-hydrogen) atoms. The normalized spacial score (nSPS) is 24.3. The minimum absolute atomic E-state index is 0.592. The molecule has 0 bridgehead atoms. The third-order valence-electron chi connectivity index (χ3n) is 3.72. The zero-order chi connectivity index (χ0) is 13.0. The van der Waals surface area contributed by atoms with Crippen molar-refractivity contribution in [3.05, 3.63) is 29.3 Å². The lowest BCUT2D eigenvalue weighted by molar-refractivity contribution is 0.369. The van der Waals surface area contributed by atoms with Gasteiger partial charge in [0.05, 0.1) is 0 Å². The second-order valence-electron chi connectivity index (χ2n) is 5.19. The van der Waals surface area contributed by atoms with E-state index in [1.54, 1.807) is 0 Å². The van der Waals surface area contributed by atoms with E-state index in [2.05, 4.69) is 36.2 Å². The summed E-state index contributed by atoms with van der Waals surface area (Å²) in [7, 11) is 0. The van der Waals surface area contributed by atoms with Crippen LogP contribution in [0.4, 0.5) is 5.69 Å². The van der Waals surface area contributed by atoms with Gasteiger partial charge in [0.2, 0.25) is 0 Å². The van der Waals surface area contributed by atoms with Gasteiger partial charge in [-0.25, -0.2) is 0 Å². The Labute approximate surface area is 115 Å².